The van der Waals surface area contributed by atoms with Gasteiger partial charge in [0.15, 0.2) is 5.82 Å². The summed E-state index contributed by atoms with van der Waals surface area (Å²) in [7, 11) is 3.48. The van der Waals surface area contributed by atoms with Crippen LogP contribution in [-0.4, -0.2) is 29.3 Å². The number of hydrogen-bond donors (Lipinski definition) is 1. The van der Waals surface area contributed by atoms with Gasteiger partial charge in [0.2, 0.25) is 0 Å². The number of ether oxygens (including phenoxy) is 1. The SMILES string of the molecule is CNc1nc(C)nnc1-c1cc(C)cc(C)c1OC. The van der Waals surface area contributed by atoms with E-state index in [0.717, 1.165) is 22.4 Å². The standard InChI is InChI=1S/C14H18N4O/c1-8-6-9(2)13(19-5)11(7-8)12-14(15-4)16-10(3)17-18-12/h6-7H,1-5H3,(H,15,16,17). The van der Waals surface area contributed by atoms with E-state index in [1.165, 1.54) is 0 Å². The third-order valence-corrected chi connectivity index (χ3v) is 2.91. The quantitative estimate of drug-likeness (QED) is 0.916. The molecule has 100 valence electrons. The molecular weight excluding hydrogens is 240 g/mol. The zero-order valence-corrected chi connectivity index (χ0v) is 11.9. The minimum atomic E-state index is 0.636. The predicted octanol–water partition coefficient (Wildman–Crippen LogP) is 2.51. The molecule has 19 heavy (non-hydrogen) atoms. The van der Waals surface area contributed by atoms with Gasteiger partial charge in [0.05, 0.1) is 7.11 Å². The number of benzene rings is 1. The highest BCUT2D eigenvalue weighted by molar-refractivity contribution is 5.77. The predicted molar refractivity (Wildman–Crippen MR) is 75.6 cm³/mol. The summed E-state index contributed by atoms with van der Waals surface area (Å²) < 4.78 is 5.49. The number of rotatable bonds is 3. The highest BCUT2D eigenvalue weighted by atomic mass is 16.5. The van der Waals surface area contributed by atoms with Gasteiger partial charge in [-0.05, 0) is 38.0 Å². The maximum atomic E-state index is 5.49. The van der Waals surface area contributed by atoms with Crippen LogP contribution in [0.5, 0.6) is 5.75 Å². The van der Waals surface area contributed by atoms with E-state index in [4.69, 9.17) is 4.74 Å². The molecule has 0 saturated heterocycles. The lowest BCUT2D eigenvalue weighted by Gasteiger charge is -2.14. The molecule has 1 N–H and O–H groups in total. The fourth-order valence-corrected chi connectivity index (χ4v) is 2.16. The molecule has 2 rings (SSSR count). The van der Waals surface area contributed by atoms with Crippen molar-refractivity contribution in [3.8, 4) is 17.0 Å². The fourth-order valence-electron chi connectivity index (χ4n) is 2.16. The summed E-state index contributed by atoms with van der Waals surface area (Å²) in [6.07, 6.45) is 0. The van der Waals surface area contributed by atoms with Crippen LogP contribution < -0.4 is 10.1 Å². The summed E-state index contributed by atoms with van der Waals surface area (Å²) in [4.78, 5) is 4.36. The minimum absolute atomic E-state index is 0.636. The lowest BCUT2D eigenvalue weighted by molar-refractivity contribution is 0.413. The highest BCUT2D eigenvalue weighted by Crippen LogP contribution is 2.35. The molecule has 2 aromatic rings. The van der Waals surface area contributed by atoms with E-state index in [0.29, 0.717) is 17.3 Å². The van der Waals surface area contributed by atoms with E-state index in [2.05, 4.69) is 26.6 Å². The molecule has 5 nitrogen and oxygen atoms in total. The van der Waals surface area contributed by atoms with Gasteiger partial charge in [0.1, 0.15) is 17.3 Å². The molecule has 0 aliphatic rings. The number of nitrogens with zero attached hydrogens (tertiary/aromatic N) is 3. The summed E-state index contributed by atoms with van der Waals surface area (Å²) in [5.41, 5.74) is 3.83. The molecule has 5 heteroatoms. The van der Waals surface area contributed by atoms with Crippen LogP contribution in [0.3, 0.4) is 0 Å². The van der Waals surface area contributed by atoms with Gasteiger partial charge in [0.25, 0.3) is 0 Å². The van der Waals surface area contributed by atoms with Crippen LogP contribution in [0.1, 0.15) is 17.0 Å². The summed E-state index contributed by atoms with van der Waals surface area (Å²) in [5.74, 6) is 2.15. The third kappa shape index (κ3) is 2.50. The van der Waals surface area contributed by atoms with E-state index < -0.39 is 0 Å². The lowest BCUT2D eigenvalue weighted by Crippen LogP contribution is -2.04. The van der Waals surface area contributed by atoms with Crippen molar-refractivity contribution in [1.82, 2.24) is 15.2 Å². The number of anilines is 1. The van der Waals surface area contributed by atoms with Gasteiger partial charge in [-0.15, -0.1) is 10.2 Å². The van der Waals surface area contributed by atoms with Crippen molar-refractivity contribution in [3.63, 3.8) is 0 Å². The molecule has 1 aromatic carbocycles. The Kier molecular flexibility index (Phi) is 3.64. The fraction of sp³-hybridized carbons (Fsp3) is 0.357. The number of hydrogen-bond acceptors (Lipinski definition) is 5. The molecule has 0 aliphatic heterocycles. The van der Waals surface area contributed by atoms with Crippen molar-refractivity contribution in [2.75, 3.05) is 19.5 Å². The topological polar surface area (TPSA) is 59.9 Å². The third-order valence-electron chi connectivity index (χ3n) is 2.91. The van der Waals surface area contributed by atoms with Gasteiger partial charge in [0, 0.05) is 12.6 Å². The van der Waals surface area contributed by atoms with Crippen LogP contribution in [-0.2, 0) is 0 Å². The summed E-state index contributed by atoms with van der Waals surface area (Å²) in [6, 6.07) is 4.12. The van der Waals surface area contributed by atoms with E-state index in [1.54, 1.807) is 7.11 Å². The molecule has 0 radical (unpaired) electrons. The molecule has 0 spiro atoms. The molecular formula is C14H18N4O. The second-order valence-electron chi connectivity index (χ2n) is 4.47. The maximum absolute atomic E-state index is 5.49. The van der Waals surface area contributed by atoms with Crippen LogP contribution in [0.4, 0.5) is 5.82 Å². The summed E-state index contributed by atoms with van der Waals surface area (Å²) in [6.45, 7) is 5.88. The zero-order valence-electron chi connectivity index (χ0n) is 11.9. The number of aryl methyl sites for hydroxylation is 3. The first-order valence-corrected chi connectivity index (χ1v) is 6.11. The first-order valence-electron chi connectivity index (χ1n) is 6.11. The largest absolute Gasteiger partial charge is 0.496 e. The Bertz CT molecular complexity index is 611. The normalized spacial score (nSPS) is 10.4. The van der Waals surface area contributed by atoms with Crippen LogP contribution in [0.25, 0.3) is 11.3 Å². The van der Waals surface area contributed by atoms with Crippen molar-refractivity contribution < 1.29 is 4.74 Å². The van der Waals surface area contributed by atoms with Crippen molar-refractivity contribution >= 4 is 5.82 Å². The zero-order chi connectivity index (χ0) is 14.0. The van der Waals surface area contributed by atoms with Crippen molar-refractivity contribution in [2.24, 2.45) is 0 Å². The monoisotopic (exact) mass is 258 g/mol. The smallest absolute Gasteiger partial charge is 0.156 e. The second kappa shape index (κ2) is 5.22. The van der Waals surface area contributed by atoms with Gasteiger partial charge < -0.3 is 10.1 Å². The number of aromatic nitrogens is 3. The maximum Gasteiger partial charge on any atom is 0.156 e. The first-order chi connectivity index (χ1) is 9.06. The number of methoxy groups -OCH3 is 1. The van der Waals surface area contributed by atoms with Gasteiger partial charge in [-0.3, -0.25) is 0 Å². The summed E-state index contributed by atoms with van der Waals surface area (Å²) >= 11 is 0. The molecule has 1 heterocycles. The Labute approximate surface area is 113 Å². The molecule has 1 aromatic heterocycles. The Hall–Kier alpha value is -2.17. The average Bonchev–Trinajstić information content (AvgIpc) is 2.37. The highest BCUT2D eigenvalue weighted by Gasteiger charge is 2.16. The first kappa shape index (κ1) is 13.3. The molecule has 0 fully saturated rings. The van der Waals surface area contributed by atoms with Crippen LogP contribution >= 0.6 is 0 Å². The molecule has 0 saturated carbocycles. The Balaban J connectivity index is 2.71. The van der Waals surface area contributed by atoms with E-state index in [-0.39, 0.29) is 0 Å². The van der Waals surface area contributed by atoms with E-state index in [9.17, 15) is 0 Å². The van der Waals surface area contributed by atoms with E-state index in [1.807, 2.05) is 33.9 Å². The molecule has 0 unspecified atom stereocenters. The molecule has 0 amide bonds. The second-order valence-corrected chi connectivity index (χ2v) is 4.47. The summed E-state index contributed by atoms with van der Waals surface area (Å²) in [5, 5.41) is 11.4. The van der Waals surface area contributed by atoms with Crippen LogP contribution in [0, 0.1) is 20.8 Å². The van der Waals surface area contributed by atoms with Gasteiger partial charge in [-0.1, -0.05) is 6.07 Å². The Morgan fingerprint density at radius 2 is 1.84 bits per heavy atom. The lowest BCUT2D eigenvalue weighted by atomic mass is 10.0. The van der Waals surface area contributed by atoms with Crippen molar-refractivity contribution in [2.45, 2.75) is 20.8 Å². The van der Waals surface area contributed by atoms with Crippen molar-refractivity contribution in [3.05, 3.63) is 29.1 Å². The van der Waals surface area contributed by atoms with E-state index >= 15 is 0 Å². The molecule has 0 aliphatic carbocycles. The van der Waals surface area contributed by atoms with Crippen LogP contribution in [0.2, 0.25) is 0 Å². The molecule has 0 atom stereocenters. The average molecular weight is 258 g/mol. The molecule has 0 bridgehead atoms. The minimum Gasteiger partial charge on any atom is -0.496 e. The Morgan fingerprint density at radius 3 is 2.47 bits per heavy atom. The van der Waals surface area contributed by atoms with Gasteiger partial charge in [-0.25, -0.2) is 4.98 Å². The Morgan fingerprint density at radius 1 is 1.11 bits per heavy atom. The van der Waals surface area contributed by atoms with Gasteiger partial charge in [-0.2, -0.15) is 0 Å². The van der Waals surface area contributed by atoms with Gasteiger partial charge >= 0.3 is 0 Å². The van der Waals surface area contributed by atoms with Crippen LogP contribution in [0.15, 0.2) is 12.1 Å². The van der Waals surface area contributed by atoms with Crippen molar-refractivity contribution in [1.29, 1.82) is 0 Å². The number of nitrogens with one attached hydrogen (secondary N) is 1.